The summed E-state index contributed by atoms with van der Waals surface area (Å²) in [5, 5.41) is 0. The van der Waals surface area contributed by atoms with Crippen molar-refractivity contribution in [1.29, 1.82) is 0 Å². The van der Waals surface area contributed by atoms with Crippen LogP contribution in [0.5, 0.6) is 0 Å². The lowest BCUT2D eigenvalue weighted by Gasteiger charge is -2.38. The molecule has 0 aliphatic heterocycles. The quantitative estimate of drug-likeness (QED) is 0.444. The largest absolute Gasteiger partial charge is 0.352 e. The maximum Gasteiger partial charge on any atom is 0.144 e. The molecule has 0 radical (unpaired) electrons. The summed E-state index contributed by atoms with van der Waals surface area (Å²) in [5.74, 6) is 0. The molecular weight excluding hydrogens is 384 g/mol. The van der Waals surface area contributed by atoms with Crippen molar-refractivity contribution in [1.82, 2.24) is 0 Å². The van der Waals surface area contributed by atoms with Gasteiger partial charge < -0.3 is 4.74 Å². The van der Waals surface area contributed by atoms with Gasteiger partial charge in [0, 0.05) is 4.48 Å². The minimum Gasteiger partial charge on any atom is -0.352 e. The SMILES string of the molecule is BrC1=CCC[C@H]1OC(c1ccccc1)(c1ccccc1)c1ccccc1. The molecule has 0 saturated heterocycles. The van der Waals surface area contributed by atoms with Crippen molar-refractivity contribution in [2.75, 3.05) is 0 Å². The number of rotatable bonds is 5. The van der Waals surface area contributed by atoms with Crippen molar-refractivity contribution < 1.29 is 4.74 Å². The van der Waals surface area contributed by atoms with Crippen molar-refractivity contribution in [3.63, 3.8) is 0 Å². The molecule has 2 heteroatoms. The predicted octanol–water partition coefficient (Wildman–Crippen LogP) is 6.44. The molecule has 0 spiro atoms. The summed E-state index contributed by atoms with van der Waals surface area (Å²) < 4.78 is 8.10. The Morgan fingerprint density at radius 3 is 1.46 bits per heavy atom. The minimum absolute atomic E-state index is 0.0515. The van der Waals surface area contributed by atoms with Crippen LogP contribution in [-0.2, 0) is 10.3 Å². The lowest BCUT2D eigenvalue weighted by atomic mass is 9.80. The molecule has 1 nitrogen and oxygen atoms in total. The molecule has 0 aromatic heterocycles. The molecule has 0 amide bonds. The molecule has 4 rings (SSSR count). The fourth-order valence-electron chi connectivity index (χ4n) is 3.69. The van der Waals surface area contributed by atoms with Gasteiger partial charge >= 0.3 is 0 Å². The molecule has 1 aliphatic rings. The fourth-order valence-corrected chi connectivity index (χ4v) is 4.24. The van der Waals surface area contributed by atoms with Crippen molar-refractivity contribution in [2.24, 2.45) is 0 Å². The summed E-state index contributed by atoms with van der Waals surface area (Å²) in [6.45, 7) is 0. The second-order valence-electron chi connectivity index (χ2n) is 6.55. The molecule has 3 aromatic carbocycles. The Kier molecular flexibility index (Phi) is 5.05. The van der Waals surface area contributed by atoms with Crippen LogP contribution in [0.3, 0.4) is 0 Å². The van der Waals surface area contributed by atoms with Crippen LogP contribution in [0, 0.1) is 0 Å². The molecule has 1 aliphatic carbocycles. The summed E-state index contributed by atoms with van der Waals surface area (Å²) >= 11 is 3.71. The molecule has 130 valence electrons. The first-order chi connectivity index (χ1) is 12.8. The molecule has 0 saturated carbocycles. The zero-order chi connectivity index (χ0) is 17.8. The lowest BCUT2D eigenvalue weighted by molar-refractivity contribution is -0.0252. The molecular formula is C24H21BrO. The third kappa shape index (κ3) is 3.15. The van der Waals surface area contributed by atoms with E-state index in [1.807, 2.05) is 0 Å². The van der Waals surface area contributed by atoms with Crippen LogP contribution in [0.1, 0.15) is 29.5 Å². The second-order valence-corrected chi connectivity index (χ2v) is 7.47. The third-order valence-electron chi connectivity index (χ3n) is 4.94. The average Bonchev–Trinajstić information content (AvgIpc) is 3.12. The number of hydrogen-bond donors (Lipinski definition) is 0. The highest BCUT2D eigenvalue weighted by Crippen LogP contribution is 2.44. The van der Waals surface area contributed by atoms with E-state index < -0.39 is 5.60 Å². The van der Waals surface area contributed by atoms with E-state index in [1.54, 1.807) is 0 Å². The third-order valence-corrected chi connectivity index (χ3v) is 5.77. The highest BCUT2D eigenvalue weighted by molar-refractivity contribution is 9.11. The molecule has 1 atom stereocenters. The Morgan fingerprint density at radius 1 is 0.692 bits per heavy atom. The Morgan fingerprint density at radius 2 is 1.12 bits per heavy atom. The molecule has 0 heterocycles. The van der Waals surface area contributed by atoms with Gasteiger partial charge in [0.2, 0.25) is 0 Å². The average molecular weight is 405 g/mol. The van der Waals surface area contributed by atoms with Gasteiger partial charge in [-0.3, -0.25) is 0 Å². The zero-order valence-corrected chi connectivity index (χ0v) is 16.1. The van der Waals surface area contributed by atoms with Crippen LogP contribution >= 0.6 is 15.9 Å². The molecule has 0 unspecified atom stereocenters. The Labute approximate surface area is 163 Å². The Bertz CT molecular complexity index is 775. The number of benzene rings is 3. The van der Waals surface area contributed by atoms with Gasteiger partial charge in [0.25, 0.3) is 0 Å². The van der Waals surface area contributed by atoms with E-state index in [1.165, 1.54) is 0 Å². The predicted molar refractivity (Wildman–Crippen MR) is 110 cm³/mol. The van der Waals surface area contributed by atoms with E-state index in [0.29, 0.717) is 0 Å². The van der Waals surface area contributed by atoms with Crippen molar-refractivity contribution in [2.45, 2.75) is 24.5 Å². The first-order valence-electron chi connectivity index (χ1n) is 9.00. The summed E-state index contributed by atoms with van der Waals surface area (Å²) in [6, 6.07) is 31.6. The van der Waals surface area contributed by atoms with Crippen molar-refractivity contribution in [3.05, 3.63) is 118 Å². The zero-order valence-electron chi connectivity index (χ0n) is 14.5. The van der Waals surface area contributed by atoms with Gasteiger partial charge in [-0.2, -0.15) is 0 Å². The smallest absolute Gasteiger partial charge is 0.144 e. The summed E-state index contributed by atoms with van der Waals surface area (Å²) in [7, 11) is 0. The highest BCUT2D eigenvalue weighted by Gasteiger charge is 2.40. The van der Waals surface area contributed by atoms with E-state index >= 15 is 0 Å². The van der Waals surface area contributed by atoms with E-state index in [0.717, 1.165) is 34.0 Å². The highest BCUT2D eigenvalue weighted by atomic mass is 79.9. The number of halogens is 1. The van der Waals surface area contributed by atoms with E-state index in [4.69, 9.17) is 4.74 Å². The van der Waals surface area contributed by atoms with Crippen LogP contribution in [0.4, 0.5) is 0 Å². The van der Waals surface area contributed by atoms with E-state index in [2.05, 4.69) is 113 Å². The molecule has 3 aromatic rings. The van der Waals surface area contributed by atoms with Crippen LogP contribution in [0.15, 0.2) is 102 Å². The van der Waals surface area contributed by atoms with Crippen LogP contribution in [0.25, 0.3) is 0 Å². The van der Waals surface area contributed by atoms with Gasteiger partial charge in [-0.15, -0.1) is 0 Å². The second kappa shape index (κ2) is 7.61. The molecule has 0 bridgehead atoms. The summed E-state index contributed by atoms with van der Waals surface area (Å²) in [5.41, 5.74) is 2.78. The molecule has 0 N–H and O–H groups in total. The van der Waals surface area contributed by atoms with Gasteiger partial charge in [-0.05, 0) is 29.5 Å². The lowest BCUT2D eigenvalue weighted by Crippen LogP contribution is -2.36. The first kappa shape index (κ1) is 17.3. The first-order valence-corrected chi connectivity index (χ1v) is 9.80. The minimum atomic E-state index is -0.647. The van der Waals surface area contributed by atoms with Gasteiger partial charge in [-0.1, -0.05) is 113 Å². The number of hydrogen-bond acceptors (Lipinski definition) is 1. The Hall–Kier alpha value is -2.16. The molecule has 0 fully saturated rings. The molecule has 26 heavy (non-hydrogen) atoms. The maximum atomic E-state index is 6.95. The van der Waals surface area contributed by atoms with Gasteiger partial charge in [-0.25, -0.2) is 0 Å². The maximum absolute atomic E-state index is 6.95. The normalized spacial score (nSPS) is 17.1. The number of allylic oxidation sites excluding steroid dienone is 1. The standard InChI is InChI=1S/C24H21BrO/c25-22-17-10-18-23(22)26-24(19-11-4-1-5-12-19,20-13-6-2-7-14-20)21-15-8-3-9-16-21/h1-9,11-17,23H,10,18H2/t23-/m1/s1. The number of ether oxygens (including phenoxy) is 1. The van der Waals surface area contributed by atoms with Crippen LogP contribution in [0.2, 0.25) is 0 Å². The monoisotopic (exact) mass is 404 g/mol. The van der Waals surface area contributed by atoms with E-state index in [9.17, 15) is 0 Å². The topological polar surface area (TPSA) is 9.23 Å². The van der Waals surface area contributed by atoms with Gasteiger partial charge in [0.1, 0.15) is 5.60 Å². The Balaban J connectivity index is 1.95. The van der Waals surface area contributed by atoms with Crippen LogP contribution < -0.4 is 0 Å². The summed E-state index contributed by atoms with van der Waals surface area (Å²) in [4.78, 5) is 0. The summed E-state index contributed by atoms with van der Waals surface area (Å²) in [6.07, 6.45) is 4.31. The fraction of sp³-hybridized carbons (Fsp3) is 0.167. The van der Waals surface area contributed by atoms with Crippen molar-refractivity contribution >= 4 is 15.9 Å². The van der Waals surface area contributed by atoms with Crippen LogP contribution in [-0.4, -0.2) is 6.10 Å². The van der Waals surface area contributed by atoms with E-state index in [-0.39, 0.29) is 6.10 Å². The van der Waals surface area contributed by atoms with Gasteiger partial charge in [0.15, 0.2) is 0 Å². The van der Waals surface area contributed by atoms with Gasteiger partial charge in [0.05, 0.1) is 6.10 Å². The van der Waals surface area contributed by atoms with Crippen molar-refractivity contribution in [3.8, 4) is 0 Å².